The molecule has 0 aromatic rings. The van der Waals surface area contributed by atoms with E-state index in [0.29, 0.717) is 36.3 Å². The number of nitrogens with two attached hydrogens (primary N) is 1. The third kappa shape index (κ3) is 6.66. The number of fused-ring (bicyclic) bond motifs is 4. The van der Waals surface area contributed by atoms with Gasteiger partial charge in [0.2, 0.25) is 0 Å². The molecule has 3 saturated carbocycles. The molecule has 2 heterocycles. The Kier molecular flexibility index (Phi) is 10.1. The zero-order valence-electron chi connectivity index (χ0n) is 32.4. The molecule has 278 valence electrons. The lowest BCUT2D eigenvalue weighted by atomic mass is 9.62. The fourth-order valence-corrected chi connectivity index (χ4v) is 17.3. The third-order valence-corrected chi connectivity index (χ3v) is 20.2. The molecule has 0 amide bonds. The Hall–Kier alpha value is -1.72. The molecule has 52 heavy (non-hydrogen) atoms. The van der Waals surface area contributed by atoms with Crippen molar-refractivity contribution in [1.82, 2.24) is 10.6 Å². The van der Waals surface area contributed by atoms with Crippen molar-refractivity contribution in [2.75, 3.05) is 0 Å². The van der Waals surface area contributed by atoms with Crippen molar-refractivity contribution in [3.05, 3.63) is 82.2 Å². The summed E-state index contributed by atoms with van der Waals surface area (Å²) in [6, 6.07) is 0. The average molecular weight is 716 g/mol. The van der Waals surface area contributed by atoms with Crippen molar-refractivity contribution in [3.63, 3.8) is 0 Å². The fraction of sp³-hybridized carbons (Fsp3) is 0.708. The summed E-state index contributed by atoms with van der Waals surface area (Å²) in [5, 5.41) is 13.5. The maximum absolute atomic E-state index is 4.36. The van der Waals surface area contributed by atoms with Crippen LogP contribution in [0.15, 0.2) is 82.2 Å². The number of hydrogen-bond donors (Lipinski definition) is 3. The lowest BCUT2D eigenvalue weighted by Gasteiger charge is -2.47. The van der Waals surface area contributed by atoms with E-state index in [1.54, 1.807) is 11.1 Å². The number of quaternary nitrogens is 1. The molecule has 1 saturated heterocycles. The molecule has 3 nitrogen and oxygen atoms in total. The van der Waals surface area contributed by atoms with E-state index in [4.69, 9.17) is 0 Å². The molecule has 10 rings (SSSR count). The lowest BCUT2D eigenvalue weighted by molar-refractivity contribution is -0.754. The van der Waals surface area contributed by atoms with Crippen LogP contribution in [0, 0.1) is 53.3 Å². The van der Waals surface area contributed by atoms with E-state index >= 15 is 0 Å². The minimum atomic E-state index is -0.434. The summed E-state index contributed by atoms with van der Waals surface area (Å²) in [6.45, 7) is 2.69. The van der Waals surface area contributed by atoms with Gasteiger partial charge in [0.05, 0.1) is 23.5 Å². The molecule has 10 aliphatic rings. The Morgan fingerprint density at radius 3 is 2.44 bits per heavy atom. The van der Waals surface area contributed by atoms with Crippen molar-refractivity contribution in [2.45, 2.75) is 159 Å². The minimum absolute atomic E-state index is 0.405. The second-order valence-electron chi connectivity index (χ2n) is 19.5. The summed E-state index contributed by atoms with van der Waals surface area (Å²) in [7, 11) is -0.434. The van der Waals surface area contributed by atoms with Crippen molar-refractivity contribution in [1.29, 1.82) is 0 Å². The van der Waals surface area contributed by atoms with Crippen LogP contribution in [0.1, 0.15) is 128 Å². The highest BCUT2D eigenvalue weighted by molar-refractivity contribution is 6.68. The third-order valence-electron chi connectivity index (χ3n) is 16.9. The summed E-state index contributed by atoms with van der Waals surface area (Å²) in [5.74, 6) is 7.24. The summed E-state index contributed by atoms with van der Waals surface area (Å²) in [4.78, 5) is 0. The topological polar surface area (TPSA) is 40.7 Å². The molecule has 0 spiro atoms. The van der Waals surface area contributed by atoms with E-state index < -0.39 is 8.80 Å². The normalized spacial score (nSPS) is 44.6. The van der Waals surface area contributed by atoms with Gasteiger partial charge >= 0.3 is 8.80 Å². The van der Waals surface area contributed by atoms with Crippen LogP contribution in [-0.4, -0.2) is 27.3 Å². The zero-order chi connectivity index (χ0) is 34.6. The quantitative estimate of drug-likeness (QED) is 0.196. The van der Waals surface area contributed by atoms with Crippen LogP contribution in [0.25, 0.3) is 0 Å². The Balaban J connectivity index is 0.872. The number of hydrogen-bond acceptors (Lipinski definition) is 2. The van der Waals surface area contributed by atoms with Gasteiger partial charge in [0, 0.05) is 36.0 Å². The van der Waals surface area contributed by atoms with Crippen molar-refractivity contribution in [2.24, 2.45) is 53.3 Å². The molecule has 8 aliphatic carbocycles. The first-order valence-electron chi connectivity index (χ1n) is 22.7. The minimum Gasteiger partial charge on any atom is -0.316 e. The van der Waals surface area contributed by atoms with Crippen LogP contribution < -0.4 is 16.0 Å². The van der Waals surface area contributed by atoms with Crippen LogP contribution in [0.2, 0.25) is 12.1 Å². The van der Waals surface area contributed by atoms with E-state index in [1.807, 2.05) is 16.3 Å². The van der Waals surface area contributed by atoms with E-state index in [9.17, 15) is 0 Å². The first-order valence-corrected chi connectivity index (χ1v) is 24.8. The molecular weight excluding hydrogens is 647 g/mol. The van der Waals surface area contributed by atoms with Gasteiger partial charge in [-0.1, -0.05) is 97.9 Å². The Morgan fingerprint density at radius 2 is 1.60 bits per heavy atom. The summed E-state index contributed by atoms with van der Waals surface area (Å²) >= 11 is 0. The first kappa shape index (κ1) is 34.7. The molecule has 4 heteroatoms. The highest BCUT2D eigenvalue weighted by Gasteiger charge is 2.56. The van der Waals surface area contributed by atoms with E-state index in [0.717, 1.165) is 41.0 Å². The van der Waals surface area contributed by atoms with Crippen LogP contribution in [0.5, 0.6) is 0 Å². The van der Waals surface area contributed by atoms with Gasteiger partial charge in [0.1, 0.15) is 12.3 Å². The van der Waals surface area contributed by atoms with Crippen molar-refractivity contribution in [3.8, 4) is 0 Å². The molecule has 0 aromatic heterocycles. The SMILES string of the molecule is C[Si+]1C2=C(C=C3C=CC=CC3C2)C2CC(C3NC(C4C=CC(C5=CCCCC5)CC4)NC(C4CC=C(C5CCCC6CCCCC65)CC4)[NH2+]3)CCC21. The van der Waals surface area contributed by atoms with Crippen LogP contribution in [0.3, 0.4) is 0 Å². The van der Waals surface area contributed by atoms with Gasteiger partial charge in [-0.25, -0.2) is 0 Å². The van der Waals surface area contributed by atoms with E-state index in [-0.39, 0.29) is 0 Å². The Bertz CT molecular complexity index is 1560. The number of allylic oxidation sites excluding steroid dienone is 13. The fourth-order valence-electron chi connectivity index (χ4n) is 14.1. The maximum Gasteiger partial charge on any atom is 0.348 e. The molecule has 2 aliphatic heterocycles. The highest BCUT2D eigenvalue weighted by Crippen LogP contribution is 2.55. The van der Waals surface area contributed by atoms with Gasteiger partial charge in [-0.2, -0.15) is 0 Å². The molecule has 4 N–H and O–H groups in total. The Labute approximate surface area is 318 Å². The number of nitrogens with one attached hydrogen (secondary N) is 2. The monoisotopic (exact) mass is 716 g/mol. The van der Waals surface area contributed by atoms with Gasteiger partial charge in [-0.3, -0.25) is 10.6 Å². The first-order chi connectivity index (χ1) is 25.7. The smallest absolute Gasteiger partial charge is 0.316 e. The van der Waals surface area contributed by atoms with Crippen LogP contribution in [0.4, 0.5) is 0 Å². The van der Waals surface area contributed by atoms with Crippen LogP contribution in [-0.2, 0) is 0 Å². The summed E-state index contributed by atoms with van der Waals surface area (Å²) in [5.41, 5.74) is 8.00. The van der Waals surface area contributed by atoms with E-state index in [2.05, 4.69) is 77.2 Å². The van der Waals surface area contributed by atoms with Gasteiger partial charge in [0.25, 0.3) is 0 Å². The predicted molar refractivity (Wildman–Crippen MR) is 217 cm³/mol. The van der Waals surface area contributed by atoms with Crippen molar-refractivity contribution < 1.29 is 5.32 Å². The van der Waals surface area contributed by atoms with Gasteiger partial charge < -0.3 is 5.32 Å². The summed E-state index contributed by atoms with van der Waals surface area (Å²) < 4.78 is 0. The molecule has 13 unspecified atom stereocenters. The van der Waals surface area contributed by atoms with Gasteiger partial charge in [-0.05, 0) is 125 Å². The van der Waals surface area contributed by atoms with E-state index in [1.165, 1.54) is 128 Å². The zero-order valence-corrected chi connectivity index (χ0v) is 33.4. The largest absolute Gasteiger partial charge is 0.348 e. The molecular formula is C48H69N3Si+2. The molecule has 0 bridgehead atoms. The van der Waals surface area contributed by atoms with Crippen molar-refractivity contribution >= 4 is 8.80 Å². The lowest BCUT2D eigenvalue weighted by Crippen LogP contribution is -3.07. The summed E-state index contributed by atoms with van der Waals surface area (Å²) in [6.07, 6.45) is 52.6. The second kappa shape index (κ2) is 15.1. The molecule has 0 radical (unpaired) electrons. The molecule has 4 fully saturated rings. The average Bonchev–Trinajstić information content (AvgIpc) is 3.49. The Morgan fingerprint density at radius 1 is 0.692 bits per heavy atom. The maximum atomic E-state index is 4.36. The number of rotatable bonds is 5. The predicted octanol–water partition coefficient (Wildman–Crippen LogP) is 9.97. The highest BCUT2D eigenvalue weighted by atomic mass is 28.3. The standard InChI is InChI=1S/C48H68N3Si/c1-52-44-27-26-39(29-42(44)43-28-37-13-5-6-14-38(37)30-45(43)52)48-50-46(35-22-18-32(19-23-35)31-10-3-2-4-11-31)49-47(51-48)36-24-20-34(21-25-36)41-17-9-15-33-12-7-8-16-40(33)41/h5-6,10,13-14,18,20,22,28,32-33,35-36,38-42,44,46-51H,2-4,7-9,11-12,15-17,19,21,23-27,29-30H2,1H3/q+1/p+1. The molecule has 0 aromatic carbocycles. The van der Waals surface area contributed by atoms with Gasteiger partial charge in [0.15, 0.2) is 0 Å². The molecule has 13 atom stereocenters. The second-order valence-corrected chi connectivity index (χ2v) is 22.2. The van der Waals surface area contributed by atoms with Gasteiger partial charge in [-0.15, -0.1) is 0 Å². The van der Waals surface area contributed by atoms with Crippen LogP contribution >= 0.6 is 0 Å².